The summed E-state index contributed by atoms with van der Waals surface area (Å²) in [7, 11) is 1.45. The van der Waals surface area contributed by atoms with E-state index in [1.807, 2.05) is 24.3 Å². The monoisotopic (exact) mass is 573 g/mol. The fraction of sp³-hybridized carbons (Fsp3) is 0.485. The lowest BCUT2D eigenvalue weighted by molar-refractivity contribution is -0.140. The number of ether oxygens (including phenoxy) is 2. The highest BCUT2D eigenvalue weighted by atomic mass is 16.5. The lowest BCUT2D eigenvalue weighted by Gasteiger charge is -2.43. The number of unbranched alkanes of at least 4 members (excludes halogenated alkanes) is 6. The van der Waals surface area contributed by atoms with Gasteiger partial charge in [0.2, 0.25) is 0 Å². The number of piperazine rings is 1. The lowest BCUT2D eigenvalue weighted by atomic mass is 10.1. The molecule has 5 rings (SSSR count). The summed E-state index contributed by atoms with van der Waals surface area (Å²) in [4.78, 5) is 16.0. The van der Waals surface area contributed by atoms with Crippen LogP contribution in [0.25, 0.3) is 11.3 Å². The van der Waals surface area contributed by atoms with Crippen LogP contribution >= 0.6 is 0 Å². The van der Waals surface area contributed by atoms with Gasteiger partial charge in [0.15, 0.2) is 5.82 Å². The molecule has 0 aliphatic carbocycles. The first-order valence-corrected chi connectivity index (χ1v) is 15.3. The van der Waals surface area contributed by atoms with Crippen molar-refractivity contribution < 1.29 is 19.4 Å². The highest BCUT2D eigenvalue weighted by Crippen LogP contribution is 2.39. The number of para-hydroxylation sites is 1. The molecule has 0 radical (unpaired) electrons. The molecule has 2 bridgehead atoms. The summed E-state index contributed by atoms with van der Waals surface area (Å²) in [6, 6.07) is 18.4. The summed E-state index contributed by atoms with van der Waals surface area (Å²) in [6.07, 6.45) is 10.5. The first-order chi connectivity index (χ1) is 20.5. The summed E-state index contributed by atoms with van der Waals surface area (Å²) in [6.45, 7) is 2.42. The number of nitrogens with two attached hydrogens (primary N) is 1. The lowest BCUT2D eigenvalue weighted by Crippen LogP contribution is -2.54. The van der Waals surface area contributed by atoms with E-state index in [4.69, 9.17) is 10.5 Å². The maximum absolute atomic E-state index is 11.2. The van der Waals surface area contributed by atoms with Crippen LogP contribution in [-0.4, -0.2) is 60.2 Å². The smallest absolute Gasteiger partial charge is 0.305 e. The number of benzene rings is 2. The molecule has 3 aromatic rings. The quantitative estimate of drug-likeness (QED) is 0.178. The number of methoxy groups -OCH3 is 1. The highest BCUT2D eigenvalue weighted by molar-refractivity contribution is 5.74. The second kappa shape index (κ2) is 14.2. The van der Waals surface area contributed by atoms with Crippen LogP contribution in [0, 0.1) is 0 Å². The maximum atomic E-state index is 11.2. The van der Waals surface area contributed by atoms with Gasteiger partial charge in [-0.05, 0) is 56.0 Å². The molecule has 0 spiro atoms. The van der Waals surface area contributed by atoms with Crippen molar-refractivity contribution in [1.29, 1.82) is 0 Å². The Morgan fingerprint density at radius 1 is 0.929 bits per heavy atom. The van der Waals surface area contributed by atoms with Crippen molar-refractivity contribution in [3.05, 3.63) is 54.6 Å². The predicted octanol–water partition coefficient (Wildman–Crippen LogP) is 5.96. The zero-order valence-corrected chi connectivity index (χ0v) is 24.6. The first kappa shape index (κ1) is 29.5. The first-order valence-electron chi connectivity index (χ1n) is 15.3. The molecule has 9 nitrogen and oxygen atoms in total. The van der Waals surface area contributed by atoms with Gasteiger partial charge in [-0.2, -0.15) is 0 Å². The van der Waals surface area contributed by atoms with Crippen LogP contribution in [-0.2, 0) is 9.53 Å². The number of esters is 1. The van der Waals surface area contributed by atoms with Crippen LogP contribution in [0.15, 0.2) is 54.6 Å². The molecule has 224 valence electrons. The van der Waals surface area contributed by atoms with Gasteiger partial charge in [-0.3, -0.25) is 4.79 Å². The number of carbonyl (C=O) groups excluding carboxylic acids is 1. The van der Waals surface area contributed by atoms with Gasteiger partial charge in [0.25, 0.3) is 0 Å². The zero-order valence-electron chi connectivity index (χ0n) is 24.6. The Kier molecular flexibility index (Phi) is 10.0. The molecule has 2 fully saturated rings. The van der Waals surface area contributed by atoms with E-state index in [1.165, 1.54) is 25.6 Å². The number of nitrogens with zero attached hydrogens (tertiary/aromatic N) is 4. The highest BCUT2D eigenvalue weighted by Gasteiger charge is 2.40. The van der Waals surface area contributed by atoms with E-state index >= 15 is 0 Å². The topological polar surface area (TPSA) is 114 Å². The summed E-state index contributed by atoms with van der Waals surface area (Å²) in [5, 5.41) is 18.8. The Morgan fingerprint density at radius 3 is 2.38 bits per heavy atom. The summed E-state index contributed by atoms with van der Waals surface area (Å²) < 4.78 is 10.8. The molecule has 2 aromatic carbocycles. The number of nitrogen functional groups attached to an aromatic ring is 1. The number of rotatable bonds is 14. The maximum Gasteiger partial charge on any atom is 0.305 e. The fourth-order valence-corrected chi connectivity index (χ4v) is 6.27. The third-order valence-electron chi connectivity index (χ3n) is 8.44. The van der Waals surface area contributed by atoms with Gasteiger partial charge in [-0.1, -0.05) is 50.3 Å². The van der Waals surface area contributed by atoms with Crippen molar-refractivity contribution in [3.8, 4) is 22.8 Å². The Morgan fingerprint density at radius 2 is 1.64 bits per heavy atom. The number of hydrogen-bond acceptors (Lipinski definition) is 9. The van der Waals surface area contributed by atoms with Gasteiger partial charge >= 0.3 is 5.97 Å². The third-order valence-corrected chi connectivity index (χ3v) is 8.44. The van der Waals surface area contributed by atoms with E-state index in [-0.39, 0.29) is 11.7 Å². The van der Waals surface area contributed by atoms with E-state index in [9.17, 15) is 9.90 Å². The van der Waals surface area contributed by atoms with E-state index in [0.29, 0.717) is 35.6 Å². The minimum absolute atomic E-state index is 0.112. The van der Waals surface area contributed by atoms with E-state index < -0.39 is 0 Å². The third kappa shape index (κ3) is 7.24. The summed E-state index contributed by atoms with van der Waals surface area (Å²) in [5.74, 6) is 1.40. The van der Waals surface area contributed by atoms with Gasteiger partial charge in [0.05, 0.1) is 25.1 Å². The normalized spacial score (nSPS) is 17.8. The molecular weight excluding hydrogens is 530 g/mol. The van der Waals surface area contributed by atoms with Crippen LogP contribution in [0.5, 0.6) is 11.5 Å². The molecule has 0 saturated carbocycles. The Hall–Kier alpha value is -4.01. The van der Waals surface area contributed by atoms with Gasteiger partial charge in [-0.25, -0.2) is 0 Å². The number of aromatic nitrogens is 2. The molecule has 0 amide bonds. The molecule has 2 aliphatic rings. The van der Waals surface area contributed by atoms with Crippen LogP contribution in [0.3, 0.4) is 0 Å². The minimum Gasteiger partial charge on any atom is -0.507 e. The van der Waals surface area contributed by atoms with Crippen molar-refractivity contribution in [2.45, 2.75) is 76.3 Å². The van der Waals surface area contributed by atoms with Gasteiger partial charge in [0, 0.05) is 48.9 Å². The molecule has 2 saturated heterocycles. The fourth-order valence-electron chi connectivity index (χ4n) is 6.27. The van der Waals surface area contributed by atoms with Crippen molar-refractivity contribution in [1.82, 2.24) is 10.2 Å². The predicted molar refractivity (Wildman–Crippen MR) is 166 cm³/mol. The number of aromatic hydroxyl groups is 1. The Balaban J connectivity index is 1.11. The number of fused-ring (bicyclic) bond motifs is 2. The van der Waals surface area contributed by atoms with Gasteiger partial charge < -0.3 is 30.1 Å². The van der Waals surface area contributed by atoms with E-state index in [1.54, 1.807) is 12.1 Å². The molecule has 9 heteroatoms. The molecular formula is C33H43N5O4. The summed E-state index contributed by atoms with van der Waals surface area (Å²) in [5.41, 5.74) is 9.66. The van der Waals surface area contributed by atoms with Crippen LogP contribution < -0.4 is 20.3 Å². The van der Waals surface area contributed by atoms with Crippen LogP contribution in [0.1, 0.15) is 64.2 Å². The average Bonchev–Trinajstić information content (AvgIpc) is 3.27. The molecule has 3 N–H and O–H groups in total. The minimum atomic E-state index is -0.112. The largest absolute Gasteiger partial charge is 0.507 e. The molecule has 3 heterocycles. The number of hydrogen-bond donors (Lipinski definition) is 2. The van der Waals surface area contributed by atoms with E-state index in [2.05, 4.69) is 42.9 Å². The second-order valence-corrected chi connectivity index (χ2v) is 11.4. The SMILES string of the molecule is COC(=O)CCCCCCCCCOc1cccc(N2C3CCC2CN(c2cc(-c4ccccc4O)nnc2N)C3)c1. The average molecular weight is 574 g/mol. The second-order valence-electron chi connectivity index (χ2n) is 11.4. The Bertz CT molecular complexity index is 1320. The van der Waals surface area contributed by atoms with E-state index in [0.717, 1.165) is 76.1 Å². The van der Waals surface area contributed by atoms with Crippen molar-refractivity contribution in [2.75, 3.05) is 42.3 Å². The number of carbonyl (C=O) groups is 1. The number of phenols is 1. The zero-order chi connectivity index (χ0) is 29.3. The molecule has 2 unspecified atom stereocenters. The van der Waals surface area contributed by atoms with Crippen LogP contribution in [0.2, 0.25) is 0 Å². The summed E-state index contributed by atoms with van der Waals surface area (Å²) >= 11 is 0. The number of anilines is 3. The standard InChI is InChI=1S/C33H43N5O4/c1-41-32(40)16-7-5-3-2-4-6-10-19-42-27-13-11-12-24(20-27)38-25-17-18-26(38)23-37(22-25)30-21-29(35-36-33(30)34)28-14-8-9-15-31(28)39/h8-9,11-15,20-21,25-26,39H,2-7,10,16-19,22-23H2,1H3,(H2,34,36). The van der Waals surface area contributed by atoms with Gasteiger partial charge in [0.1, 0.15) is 11.5 Å². The number of phenolic OH excluding ortho intramolecular Hbond substituents is 1. The molecule has 2 atom stereocenters. The van der Waals surface area contributed by atoms with Crippen molar-refractivity contribution >= 4 is 23.2 Å². The Labute approximate surface area is 248 Å². The van der Waals surface area contributed by atoms with Crippen LogP contribution in [0.4, 0.5) is 17.2 Å². The molecule has 1 aromatic heterocycles. The molecule has 42 heavy (non-hydrogen) atoms. The van der Waals surface area contributed by atoms with Crippen molar-refractivity contribution in [2.24, 2.45) is 0 Å². The molecule has 2 aliphatic heterocycles. The van der Waals surface area contributed by atoms with Gasteiger partial charge in [-0.15, -0.1) is 10.2 Å². The van der Waals surface area contributed by atoms with Crippen molar-refractivity contribution in [3.63, 3.8) is 0 Å².